The molecule has 0 radical (unpaired) electrons. The lowest BCUT2D eigenvalue weighted by atomic mass is 9.97. The number of aliphatic hydroxyl groups excluding tert-OH is 1. The molecule has 0 bridgehead atoms. The predicted octanol–water partition coefficient (Wildman–Crippen LogP) is 0.384. The zero-order chi connectivity index (χ0) is 13.9. The van der Waals surface area contributed by atoms with Crippen molar-refractivity contribution in [2.24, 2.45) is 0 Å². The largest absolute Gasteiger partial charge is 0.392 e. The number of aliphatic hydroxyl groups is 1. The van der Waals surface area contributed by atoms with Gasteiger partial charge < -0.3 is 21.1 Å². The molecule has 0 aliphatic carbocycles. The fourth-order valence-electron chi connectivity index (χ4n) is 2.97. The molecular weight excluding hydrogens is 254 g/mol. The van der Waals surface area contributed by atoms with E-state index in [0.717, 1.165) is 19.4 Å². The molecule has 1 fully saturated rings. The monoisotopic (exact) mass is 275 g/mol. The van der Waals surface area contributed by atoms with Gasteiger partial charge in [0.1, 0.15) is 0 Å². The van der Waals surface area contributed by atoms with Gasteiger partial charge in [-0.25, -0.2) is 0 Å². The average molecular weight is 275 g/mol. The minimum atomic E-state index is -0.403. The van der Waals surface area contributed by atoms with Crippen LogP contribution in [0.4, 0.5) is 5.69 Å². The lowest BCUT2D eigenvalue weighted by Crippen LogP contribution is -2.40. The Kier molecular flexibility index (Phi) is 3.89. The van der Waals surface area contributed by atoms with Gasteiger partial charge in [0.25, 0.3) is 0 Å². The van der Waals surface area contributed by atoms with Crippen LogP contribution in [0, 0.1) is 0 Å². The maximum Gasteiger partial charge on any atom is 0.237 e. The molecule has 2 heterocycles. The smallest absolute Gasteiger partial charge is 0.237 e. The number of rotatable bonds is 3. The van der Waals surface area contributed by atoms with Crippen molar-refractivity contribution in [2.75, 3.05) is 18.4 Å². The molecule has 1 aromatic carbocycles. The van der Waals surface area contributed by atoms with Gasteiger partial charge >= 0.3 is 0 Å². The van der Waals surface area contributed by atoms with Crippen LogP contribution in [-0.2, 0) is 17.8 Å². The van der Waals surface area contributed by atoms with Gasteiger partial charge in [-0.3, -0.25) is 4.79 Å². The van der Waals surface area contributed by atoms with Crippen LogP contribution in [0.5, 0.6) is 0 Å². The Morgan fingerprint density at radius 1 is 1.45 bits per heavy atom. The molecule has 20 heavy (non-hydrogen) atoms. The van der Waals surface area contributed by atoms with Crippen molar-refractivity contribution >= 4 is 11.6 Å². The molecule has 4 N–H and O–H groups in total. The van der Waals surface area contributed by atoms with Crippen molar-refractivity contribution < 1.29 is 9.90 Å². The Hall–Kier alpha value is -1.59. The van der Waals surface area contributed by atoms with Crippen LogP contribution in [0.15, 0.2) is 18.2 Å². The van der Waals surface area contributed by atoms with Crippen molar-refractivity contribution in [3.63, 3.8) is 0 Å². The number of anilines is 1. The Morgan fingerprint density at radius 3 is 3.15 bits per heavy atom. The summed E-state index contributed by atoms with van der Waals surface area (Å²) < 4.78 is 0. The lowest BCUT2D eigenvalue weighted by molar-refractivity contribution is -0.123. The first-order valence-electron chi connectivity index (χ1n) is 7.28. The summed E-state index contributed by atoms with van der Waals surface area (Å²) in [5, 5.41) is 18.8. The first-order valence-corrected chi connectivity index (χ1v) is 7.28. The molecule has 0 aromatic heterocycles. The second-order valence-corrected chi connectivity index (χ2v) is 5.54. The van der Waals surface area contributed by atoms with Crippen LogP contribution in [0.2, 0.25) is 0 Å². The highest BCUT2D eigenvalue weighted by atomic mass is 16.3. The summed E-state index contributed by atoms with van der Waals surface area (Å²) in [6, 6.07) is 5.93. The highest BCUT2D eigenvalue weighted by Crippen LogP contribution is 2.25. The van der Waals surface area contributed by atoms with Crippen molar-refractivity contribution in [1.82, 2.24) is 10.6 Å². The molecule has 108 valence electrons. The third kappa shape index (κ3) is 2.78. The molecule has 0 spiro atoms. The number of nitrogens with one attached hydrogen (secondary N) is 3. The number of amides is 1. The summed E-state index contributed by atoms with van der Waals surface area (Å²) in [6.07, 6.45) is 2.29. The first kappa shape index (κ1) is 13.4. The quantitative estimate of drug-likeness (QED) is 0.644. The second kappa shape index (κ2) is 5.81. The number of carbonyl (C=O) groups is 1. The minimum absolute atomic E-state index is 0.0251. The summed E-state index contributed by atoms with van der Waals surface area (Å²) in [7, 11) is 0. The Morgan fingerprint density at radius 2 is 2.35 bits per heavy atom. The standard InChI is InChI=1S/C15H21N3O2/c19-11-7-14(17-9-11)15(20)18-8-10-3-1-5-13-12(10)4-2-6-16-13/h1,3,5,11,14,16-17,19H,2,4,6-9H2,(H,18,20)/t11-,14+/m0/s1. The van der Waals surface area contributed by atoms with Gasteiger partial charge in [0, 0.05) is 25.3 Å². The molecule has 3 rings (SSSR count). The van der Waals surface area contributed by atoms with Gasteiger partial charge in [-0.1, -0.05) is 12.1 Å². The van der Waals surface area contributed by atoms with Gasteiger partial charge in [-0.15, -0.1) is 0 Å². The second-order valence-electron chi connectivity index (χ2n) is 5.54. The van der Waals surface area contributed by atoms with Crippen molar-refractivity contribution in [2.45, 2.75) is 38.0 Å². The van der Waals surface area contributed by atoms with E-state index in [4.69, 9.17) is 0 Å². The SMILES string of the molecule is O=C(NCc1cccc2c1CCCN2)[C@H]1C[C@H](O)CN1. The summed E-state index contributed by atoms with van der Waals surface area (Å²) in [5.74, 6) is -0.0251. The van der Waals surface area contributed by atoms with E-state index in [1.807, 2.05) is 6.07 Å². The zero-order valence-corrected chi connectivity index (χ0v) is 11.5. The predicted molar refractivity (Wildman–Crippen MR) is 77.5 cm³/mol. The topological polar surface area (TPSA) is 73.4 Å². The van der Waals surface area contributed by atoms with E-state index in [9.17, 15) is 9.90 Å². The van der Waals surface area contributed by atoms with Crippen LogP contribution in [0.3, 0.4) is 0 Å². The van der Waals surface area contributed by atoms with E-state index in [2.05, 4.69) is 28.1 Å². The number of fused-ring (bicyclic) bond motifs is 1. The number of hydrogen-bond acceptors (Lipinski definition) is 4. The Bertz CT molecular complexity index is 504. The van der Waals surface area contributed by atoms with E-state index >= 15 is 0 Å². The van der Waals surface area contributed by atoms with Crippen LogP contribution < -0.4 is 16.0 Å². The molecule has 5 heteroatoms. The van der Waals surface area contributed by atoms with Crippen LogP contribution >= 0.6 is 0 Å². The van der Waals surface area contributed by atoms with E-state index in [1.165, 1.54) is 16.8 Å². The van der Waals surface area contributed by atoms with Crippen molar-refractivity contribution in [3.05, 3.63) is 29.3 Å². The summed E-state index contributed by atoms with van der Waals surface area (Å²) >= 11 is 0. The molecule has 0 unspecified atom stereocenters. The molecular formula is C15H21N3O2. The van der Waals surface area contributed by atoms with E-state index < -0.39 is 6.10 Å². The van der Waals surface area contributed by atoms with Gasteiger partial charge in [0.05, 0.1) is 12.1 Å². The van der Waals surface area contributed by atoms with Crippen LogP contribution in [-0.4, -0.2) is 36.2 Å². The number of β-amino-alcohol motifs (C(OH)–C–C–N with tert-alkyl or cyclic N) is 1. The van der Waals surface area contributed by atoms with Crippen LogP contribution in [0.1, 0.15) is 24.0 Å². The van der Waals surface area contributed by atoms with Crippen molar-refractivity contribution in [1.29, 1.82) is 0 Å². The highest BCUT2D eigenvalue weighted by Gasteiger charge is 2.27. The van der Waals surface area contributed by atoms with E-state index in [1.54, 1.807) is 0 Å². The van der Waals surface area contributed by atoms with Gasteiger partial charge in [0.15, 0.2) is 0 Å². The molecule has 2 atom stereocenters. The third-order valence-electron chi connectivity index (χ3n) is 4.07. The maximum absolute atomic E-state index is 12.0. The van der Waals surface area contributed by atoms with Crippen LogP contribution in [0.25, 0.3) is 0 Å². The maximum atomic E-state index is 12.0. The van der Waals surface area contributed by atoms with E-state index in [-0.39, 0.29) is 11.9 Å². The summed E-state index contributed by atoms with van der Waals surface area (Å²) in [4.78, 5) is 12.0. The molecule has 5 nitrogen and oxygen atoms in total. The molecule has 2 aliphatic rings. The summed E-state index contributed by atoms with van der Waals surface area (Å²) in [6.45, 7) is 2.08. The van der Waals surface area contributed by atoms with Gasteiger partial charge in [-0.2, -0.15) is 0 Å². The average Bonchev–Trinajstić information content (AvgIpc) is 2.91. The molecule has 1 saturated heterocycles. The lowest BCUT2D eigenvalue weighted by Gasteiger charge is -2.21. The highest BCUT2D eigenvalue weighted by molar-refractivity contribution is 5.82. The molecule has 1 aromatic rings. The minimum Gasteiger partial charge on any atom is -0.392 e. The fraction of sp³-hybridized carbons (Fsp3) is 0.533. The number of hydrogen-bond donors (Lipinski definition) is 4. The fourth-order valence-corrected chi connectivity index (χ4v) is 2.97. The Balaban J connectivity index is 1.62. The third-order valence-corrected chi connectivity index (χ3v) is 4.07. The molecule has 1 amide bonds. The number of benzene rings is 1. The molecule has 2 aliphatic heterocycles. The normalized spacial score (nSPS) is 24.9. The summed E-state index contributed by atoms with van der Waals surface area (Å²) in [5.41, 5.74) is 3.69. The first-order chi connectivity index (χ1) is 9.74. The van der Waals surface area contributed by atoms with E-state index in [0.29, 0.717) is 19.5 Å². The molecule has 0 saturated carbocycles. The van der Waals surface area contributed by atoms with Gasteiger partial charge in [-0.05, 0) is 36.5 Å². The number of carbonyl (C=O) groups excluding carboxylic acids is 1. The zero-order valence-electron chi connectivity index (χ0n) is 11.5. The van der Waals surface area contributed by atoms with Crippen molar-refractivity contribution in [3.8, 4) is 0 Å². The van der Waals surface area contributed by atoms with Gasteiger partial charge in [0.2, 0.25) is 5.91 Å². The Labute approximate surface area is 118 Å².